The zero-order valence-electron chi connectivity index (χ0n) is 13.5. The largest absolute Gasteiger partial charge is 0.481 e. The summed E-state index contributed by atoms with van der Waals surface area (Å²) in [5.41, 5.74) is 8.16. The fraction of sp³-hybridized carbons (Fsp3) is 0.786. The van der Waals surface area contributed by atoms with Crippen LogP contribution in [0.1, 0.15) is 30.6 Å². The van der Waals surface area contributed by atoms with Crippen molar-refractivity contribution in [2.45, 2.75) is 32.4 Å². The van der Waals surface area contributed by atoms with Crippen molar-refractivity contribution in [3.05, 3.63) is 11.3 Å². The minimum atomic E-state index is 0.135. The number of hydrogen-bond acceptors (Lipinski definition) is 5. The fourth-order valence-corrected chi connectivity index (χ4v) is 3.59. The Morgan fingerprint density at radius 1 is 1.50 bits per heavy atom. The van der Waals surface area contributed by atoms with Crippen molar-refractivity contribution < 1.29 is 4.74 Å². The predicted octanol–water partition coefficient (Wildman–Crippen LogP) is 1.81. The molecule has 0 aliphatic rings. The fourth-order valence-electron chi connectivity index (χ4n) is 2.74. The molecule has 0 amide bonds. The molecule has 6 heteroatoms. The van der Waals surface area contributed by atoms with Crippen LogP contribution in [-0.4, -0.2) is 53.4 Å². The standard InChI is InChI=1S/C14H28N4OS/c1-7-11(9-20-6)17(3)12(8-15)13-10(2)16-18(4)14(13)19-5/h11-12H,7-9,15H2,1-6H3. The van der Waals surface area contributed by atoms with Gasteiger partial charge in [0.1, 0.15) is 0 Å². The maximum atomic E-state index is 6.06. The van der Waals surface area contributed by atoms with E-state index in [0.717, 1.165) is 29.3 Å². The first-order valence-electron chi connectivity index (χ1n) is 7.00. The van der Waals surface area contributed by atoms with Crippen LogP contribution >= 0.6 is 11.8 Å². The Bertz CT molecular complexity index is 422. The number of nitrogens with two attached hydrogens (primary N) is 1. The molecule has 116 valence electrons. The van der Waals surface area contributed by atoms with Crippen molar-refractivity contribution in [3.8, 4) is 5.88 Å². The second-order valence-electron chi connectivity index (χ2n) is 5.07. The van der Waals surface area contributed by atoms with Crippen molar-refractivity contribution in [3.63, 3.8) is 0 Å². The number of methoxy groups -OCH3 is 1. The van der Waals surface area contributed by atoms with Gasteiger partial charge in [-0.25, -0.2) is 4.68 Å². The zero-order chi connectivity index (χ0) is 15.3. The van der Waals surface area contributed by atoms with Crippen LogP contribution in [0.2, 0.25) is 0 Å². The lowest BCUT2D eigenvalue weighted by Gasteiger charge is -2.34. The Hall–Kier alpha value is -0.720. The molecular weight excluding hydrogens is 272 g/mol. The van der Waals surface area contributed by atoms with Gasteiger partial charge in [-0.05, 0) is 26.6 Å². The molecule has 0 aliphatic carbocycles. The number of likely N-dealkylation sites (N-methyl/N-ethyl adjacent to an activating group) is 1. The van der Waals surface area contributed by atoms with E-state index in [-0.39, 0.29) is 6.04 Å². The Kier molecular flexibility index (Phi) is 6.85. The first kappa shape index (κ1) is 17.3. The van der Waals surface area contributed by atoms with Gasteiger partial charge >= 0.3 is 0 Å². The molecule has 0 saturated heterocycles. The Labute approximate surface area is 126 Å². The van der Waals surface area contributed by atoms with Crippen molar-refractivity contribution >= 4 is 11.8 Å². The monoisotopic (exact) mass is 300 g/mol. The highest BCUT2D eigenvalue weighted by atomic mass is 32.2. The lowest BCUT2D eigenvalue weighted by atomic mass is 10.0. The van der Waals surface area contributed by atoms with Crippen LogP contribution in [0.15, 0.2) is 0 Å². The summed E-state index contributed by atoms with van der Waals surface area (Å²) in [6, 6.07) is 0.638. The van der Waals surface area contributed by atoms with Crippen molar-refractivity contribution in [1.82, 2.24) is 14.7 Å². The molecule has 0 fully saturated rings. The summed E-state index contributed by atoms with van der Waals surface area (Å²) >= 11 is 1.87. The average Bonchev–Trinajstić information content (AvgIpc) is 2.71. The van der Waals surface area contributed by atoms with Gasteiger partial charge in [0.25, 0.3) is 0 Å². The highest BCUT2D eigenvalue weighted by Crippen LogP contribution is 2.32. The Balaban J connectivity index is 3.12. The minimum Gasteiger partial charge on any atom is -0.481 e. The number of hydrogen-bond donors (Lipinski definition) is 1. The molecule has 0 saturated carbocycles. The topological polar surface area (TPSA) is 56.3 Å². The second-order valence-corrected chi connectivity index (χ2v) is 5.98. The van der Waals surface area contributed by atoms with Gasteiger partial charge in [0.15, 0.2) is 0 Å². The summed E-state index contributed by atoms with van der Waals surface area (Å²) in [6.07, 6.45) is 3.25. The second kappa shape index (κ2) is 7.90. The molecule has 2 N–H and O–H groups in total. The number of nitrogens with zero attached hydrogens (tertiary/aromatic N) is 3. The highest BCUT2D eigenvalue weighted by Gasteiger charge is 2.28. The van der Waals surface area contributed by atoms with E-state index in [1.54, 1.807) is 11.8 Å². The van der Waals surface area contributed by atoms with Gasteiger partial charge in [-0.1, -0.05) is 6.92 Å². The predicted molar refractivity (Wildman–Crippen MR) is 86.5 cm³/mol. The van der Waals surface area contributed by atoms with Gasteiger partial charge in [0.05, 0.1) is 24.4 Å². The van der Waals surface area contributed by atoms with Gasteiger partial charge in [-0.3, -0.25) is 4.90 Å². The van der Waals surface area contributed by atoms with Gasteiger partial charge in [-0.15, -0.1) is 0 Å². The van der Waals surface area contributed by atoms with Gasteiger partial charge in [-0.2, -0.15) is 16.9 Å². The van der Waals surface area contributed by atoms with E-state index in [9.17, 15) is 0 Å². The molecule has 2 atom stereocenters. The van der Waals surface area contributed by atoms with Crippen LogP contribution in [-0.2, 0) is 7.05 Å². The Morgan fingerprint density at radius 3 is 2.60 bits per heavy atom. The smallest absolute Gasteiger partial charge is 0.216 e. The van der Waals surface area contributed by atoms with Crippen LogP contribution in [0.25, 0.3) is 0 Å². The van der Waals surface area contributed by atoms with E-state index in [2.05, 4.69) is 30.2 Å². The third-order valence-corrected chi connectivity index (χ3v) is 4.58. The summed E-state index contributed by atoms with van der Waals surface area (Å²) in [5, 5.41) is 4.47. The molecule has 0 aliphatic heterocycles. The highest BCUT2D eigenvalue weighted by molar-refractivity contribution is 7.98. The quantitative estimate of drug-likeness (QED) is 0.793. The number of aromatic nitrogens is 2. The van der Waals surface area contributed by atoms with Crippen LogP contribution in [0.4, 0.5) is 0 Å². The first-order chi connectivity index (χ1) is 9.51. The summed E-state index contributed by atoms with van der Waals surface area (Å²) in [6.45, 7) is 4.80. The number of rotatable bonds is 8. The number of thioether (sulfide) groups is 1. The molecule has 2 unspecified atom stereocenters. The average molecular weight is 300 g/mol. The summed E-state index contributed by atoms with van der Waals surface area (Å²) < 4.78 is 7.30. The normalized spacial score (nSPS) is 14.6. The lowest BCUT2D eigenvalue weighted by Crippen LogP contribution is -2.40. The zero-order valence-corrected chi connectivity index (χ0v) is 14.3. The van der Waals surface area contributed by atoms with E-state index in [1.807, 2.05) is 25.7 Å². The van der Waals surface area contributed by atoms with Crippen LogP contribution in [0, 0.1) is 6.92 Å². The molecule has 0 spiro atoms. The van der Waals surface area contributed by atoms with E-state index in [0.29, 0.717) is 12.6 Å². The van der Waals surface area contributed by atoms with Crippen molar-refractivity contribution in [1.29, 1.82) is 0 Å². The molecule has 1 aromatic rings. The van der Waals surface area contributed by atoms with E-state index in [4.69, 9.17) is 10.5 Å². The minimum absolute atomic E-state index is 0.135. The molecule has 5 nitrogen and oxygen atoms in total. The molecule has 1 aromatic heterocycles. The third kappa shape index (κ3) is 3.48. The number of aryl methyl sites for hydroxylation is 2. The molecule has 0 bridgehead atoms. The lowest BCUT2D eigenvalue weighted by molar-refractivity contribution is 0.183. The van der Waals surface area contributed by atoms with Crippen LogP contribution < -0.4 is 10.5 Å². The molecule has 1 heterocycles. The third-order valence-electron chi connectivity index (χ3n) is 3.86. The Morgan fingerprint density at radius 2 is 2.15 bits per heavy atom. The molecule has 0 radical (unpaired) electrons. The maximum absolute atomic E-state index is 6.06. The first-order valence-corrected chi connectivity index (χ1v) is 8.39. The number of ether oxygens (including phenoxy) is 1. The van der Waals surface area contributed by atoms with Crippen LogP contribution in [0.5, 0.6) is 5.88 Å². The SMILES string of the molecule is CCC(CSC)N(C)C(CN)c1c(C)nn(C)c1OC. The van der Waals surface area contributed by atoms with E-state index >= 15 is 0 Å². The van der Waals surface area contributed by atoms with Gasteiger partial charge in [0.2, 0.25) is 5.88 Å². The molecule has 20 heavy (non-hydrogen) atoms. The van der Waals surface area contributed by atoms with Gasteiger partial charge in [0, 0.05) is 25.4 Å². The summed E-state index contributed by atoms with van der Waals surface area (Å²) in [4.78, 5) is 2.36. The van der Waals surface area contributed by atoms with Gasteiger partial charge < -0.3 is 10.5 Å². The summed E-state index contributed by atoms with van der Waals surface area (Å²) in [7, 11) is 5.74. The van der Waals surface area contributed by atoms with Crippen molar-refractivity contribution in [2.75, 3.05) is 32.7 Å². The van der Waals surface area contributed by atoms with E-state index < -0.39 is 0 Å². The van der Waals surface area contributed by atoms with Crippen LogP contribution in [0.3, 0.4) is 0 Å². The molecular formula is C14H28N4OS. The van der Waals surface area contributed by atoms with Crippen molar-refractivity contribution in [2.24, 2.45) is 12.8 Å². The maximum Gasteiger partial charge on any atom is 0.216 e. The molecule has 1 rings (SSSR count). The summed E-state index contributed by atoms with van der Waals surface area (Å²) in [5.74, 6) is 1.91. The molecule has 0 aromatic carbocycles. The van der Waals surface area contributed by atoms with E-state index in [1.165, 1.54) is 0 Å².